The largest absolute Gasteiger partial charge is 0.497 e. The Labute approximate surface area is 156 Å². The van der Waals surface area contributed by atoms with Crippen molar-refractivity contribution >= 4 is 18.3 Å². The van der Waals surface area contributed by atoms with Crippen molar-refractivity contribution in [3.63, 3.8) is 0 Å². The van der Waals surface area contributed by atoms with Crippen LogP contribution in [-0.4, -0.2) is 19.1 Å². The van der Waals surface area contributed by atoms with Crippen molar-refractivity contribution in [2.24, 2.45) is 11.7 Å². The minimum Gasteiger partial charge on any atom is -0.497 e. The Morgan fingerprint density at radius 1 is 1.04 bits per heavy atom. The van der Waals surface area contributed by atoms with Gasteiger partial charge in [0, 0.05) is 6.54 Å². The van der Waals surface area contributed by atoms with Crippen LogP contribution in [0.1, 0.15) is 25.8 Å². The van der Waals surface area contributed by atoms with Crippen molar-refractivity contribution in [1.82, 2.24) is 5.32 Å². The number of carbonyl (C=O) groups is 1. The second-order valence-electron chi connectivity index (χ2n) is 6.38. The number of rotatable bonds is 7. The number of hydrogen-bond donors (Lipinski definition) is 2. The Hall–Kier alpha value is -2.04. The molecule has 0 unspecified atom stereocenters. The number of nitrogens with two attached hydrogens (primary N) is 1. The van der Waals surface area contributed by atoms with E-state index in [0.29, 0.717) is 18.9 Å². The molecule has 25 heavy (non-hydrogen) atoms. The van der Waals surface area contributed by atoms with E-state index in [2.05, 4.69) is 31.3 Å². The third-order valence-electron chi connectivity index (χ3n) is 3.91. The number of methoxy groups -OCH3 is 1. The Morgan fingerprint density at radius 2 is 1.56 bits per heavy atom. The second-order valence-corrected chi connectivity index (χ2v) is 6.38. The van der Waals surface area contributed by atoms with E-state index >= 15 is 0 Å². The molecule has 2 aromatic rings. The number of carbonyl (C=O) groups excluding carboxylic acids is 1. The summed E-state index contributed by atoms with van der Waals surface area (Å²) in [6, 6.07) is 15.7. The molecule has 0 radical (unpaired) electrons. The van der Waals surface area contributed by atoms with Gasteiger partial charge in [-0.2, -0.15) is 0 Å². The van der Waals surface area contributed by atoms with Gasteiger partial charge in [0.2, 0.25) is 5.91 Å². The second kappa shape index (κ2) is 10.1. The van der Waals surface area contributed by atoms with E-state index in [0.717, 1.165) is 22.4 Å². The van der Waals surface area contributed by atoms with E-state index in [9.17, 15) is 4.79 Å². The van der Waals surface area contributed by atoms with E-state index in [-0.39, 0.29) is 18.3 Å². The molecule has 0 saturated heterocycles. The van der Waals surface area contributed by atoms with Crippen LogP contribution >= 0.6 is 12.4 Å². The zero-order valence-corrected chi connectivity index (χ0v) is 15.8. The number of amides is 1. The lowest BCUT2D eigenvalue weighted by Crippen LogP contribution is -2.40. The molecule has 0 aliphatic carbocycles. The van der Waals surface area contributed by atoms with E-state index < -0.39 is 6.04 Å². The van der Waals surface area contributed by atoms with Crippen LogP contribution in [0.25, 0.3) is 11.1 Å². The van der Waals surface area contributed by atoms with Crippen LogP contribution in [0.5, 0.6) is 5.75 Å². The summed E-state index contributed by atoms with van der Waals surface area (Å²) >= 11 is 0. The number of benzene rings is 2. The maximum atomic E-state index is 12.0. The van der Waals surface area contributed by atoms with Crippen molar-refractivity contribution in [2.45, 2.75) is 32.9 Å². The lowest BCUT2D eigenvalue weighted by Gasteiger charge is -2.14. The molecule has 0 aliphatic heterocycles. The molecular weight excluding hydrogens is 336 g/mol. The number of nitrogens with one attached hydrogen (secondary N) is 1. The van der Waals surface area contributed by atoms with Crippen LogP contribution in [0, 0.1) is 5.92 Å². The number of ether oxygens (including phenoxy) is 1. The quantitative estimate of drug-likeness (QED) is 0.787. The fourth-order valence-corrected chi connectivity index (χ4v) is 2.53. The maximum absolute atomic E-state index is 12.0. The van der Waals surface area contributed by atoms with Gasteiger partial charge in [-0.05, 0) is 41.2 Å². The summed E-state index contributed by atoms with van der Waals surface area (Å²) in [7, 11) is 1.66. The monoisotopic (exact) mass is 362 g/mol. The Bertz CT molecular complexity index is 654. The summed E-state index contributed by atoms with van der Waals surface area (Å²) in [6.07, 6.45) is 0.697. The van der Waals surface area contributed by atoms with Gasteiger partial charge in [-0.25, -0.2) is 0 Å². The Kier molecular flexibility index (Phi) is 8.46. The van der Waals surface area contributed by atoms with Crippen LogP contribution in [0.3, 0.4) is 0 Å². The molecule has 136 valence electrons. The smallest absolute Gasteiger partial charge is 0.237 e. The molecule has 0 spiro atoms. The highest BCUT2D eigenvalue weighted by molar-refractivity contribution is 5.85. The van der Waals surface area contributed by atoms with Gasteiger partial charge in [0.05, 0.1) is 13.2 Å². The molecule has 5 heteroatoms. The fraction of sp³-hybridized carbons (Fsp3) is 0.350. The molecule has 3 N–H and O–H groups in total. The van der Waals surface area contributed by atoms with Gasteiger partial charge in [0.1, 0.15) is 5.75 Å². The minimum absolute atomic E-state index is 0. The molecule has 0 heterocycles. The topological polar surface area (TPSA) is 64.3 Å². The highest BCUT2D eigenvalue weighted by Gasteiger charge is 2.14. The summed E-state index contributed by atoms with van der Waals surface area (Å²) in [5, 5.41) is 2.90. The average Bonchev–Trinajstić information content (AvgIpc) is 2.59. The molecule has 0 aromatic heterocycles. The van der Waals surface area contributed by atoms with Gasteiger partial charge < -0.3 is 15.8 Å². The zero-order valence-electron chi connectivity index (χ0n) is 15.0. The molecule has 0 bridgehead atoms. The maximum Gasteiger partial charge on any atom is 0.237 e. The van der Waals surface area contributed by atoms with E-state index in [4.69, 9.17) is 10.5 Å². The van der Waals surface area contributed by atoms with Crippen LogP contribution < -0.4 is 15.8 Å². The minimum atomic E-state index is -0.441. The molecule has 1 atom stereocenters. The highest BCUT2D eigenvalue weighted by Crippen LogP contribution is 2.22. The first kappa shape index (κ1) is 21.0. The van der Waals surface area contributed by atoms with Gasteiger partial charge in [0.15, 0.2) is 0 Å². The van der Waals surface area contributed by atoms with Crippen molar-refractivity contribution in [2.75, 3.05) is 7.11 Å². The van der Waals surface area contributed by atoms with Crippen molar-refractivity contribution < 1.29 is 9.53 Å². The molecule has 4 nitrogen and oxygen atoms in total. The molecule has 0 saturated carbocycles. The van der Waals surface area contributed by atoms with Crippen molar-refractivity contribution in [3.8, 4) is 16.9 Å². The Balaban J connectivity index is 0.00000312. The molecule has 0 aliphatic rings. The standard InChI is InChI=1S/C20H26N2O2.ClH/c1-14(2)12-19(21)20(23)22-13-15-4-6-16(7-5-15)17-8-10-18(24-3)11-9-17;/h4-11,14,19H,12-13,21H2,1-3H3,(H,22,23);1H/t19-;/m0./s1. The van der Waals surface area contributed by atoms with Gasteiger partial charge in [0.25, 0.3) is 0 Å². The first-order chi connectivity index (χ1) is 11.5. The summed E-state index contributed by atoms with van der Waals surface area (Å²) in [5.41, 5.74) is 9.20. The molecule has 1 amide bonds. The van der Waals surface area contributed by atoms with Gasteiger partial charge in [-0.3, -0.25) is 4.79 Å². The van der Waals surface area contributed by atoms with Crippen LogP contribution in [-0.2, 0) is 11.3 Å². The predicted molar refractivity (Wildman–Crippen MR) is 105 cm³/mol. The number of hydrogen-bond acceptors (Lipinski definition) is 3. The molecule has 0 fully saturated rings. The van der Waals surface area contributed by atoms with Crippen LogP contribution in [0.4, 0.5) is 0 Å². The first-order valence-electron chi connectivity index (χ1n) is 8.26. The van der Waals surface area contributed by atoms with Gasteiger partial charge in [-0.1, -0.05) is 50.2 Å². The summed E-state index contributed by atoms with van der Waals surface area (Å²) in [6.45, 7) is 4.61. The van der Waals surface area contributed by atoms with E-state index in [1.807, 2.05) is 36.4 Å². The summed E-state index contributed by atoms with van der Waals surface area (Å²) in [4.78, 5) is 12.0. The fourth-order valence-electron chi connectivity index (χ4n) is 2.53. The molecule has 2 aromatic carbocycles. The van der Waals surface area contributed by atoms with E-state index in [1.54, 1.807) is 7.11 Å². The average molecular weight is 363 g/mol. The van der Waals surface area contributed by atoms with Crippen LogP contribution in [0.15, 0.2) is 48.5 Å². The lowest BCUT2D eigenvalue weighted by atomic mass is 10.0. The normalized spacial score (nSPS) is 11.6. The molecular formula is C20H27ClN2O2. The first-order valence-corrected chi connectivity index (χ1v) is 8.26. The predicted octanol–water partition coefficient (Wildman–Crippen LogP) is 3.77. The lowest BCUT2D eigenvalue weighted by molar-refractivity contribution is -0.122. The third kappa shape index (κ3) is 6.40. The van der Waals surface area contributed by atoms with Crippen LogP contribution in [0.2, 0.25) is 0 Å². The van der Waals surface area contributed by atoms with Gasteiger partial charge >= 0.3 is 0 Å². The van der Waals surface area contributed by atoms with Crippen molar-refractivity contribution in [3.05, 3.63) is 54.1 Å². The van der Waals surface area contributed by atoms with Gasteiger partial charge in [-0.15, -0.1) is 12.4 Å². The summed E-state index contributed by atoms with van der Waals surface area (Å²) in [5.74, 6) is 1.16. The van der Waals surface area contributed by atoms with E-state index in [1.165, 1.54) is 0 Å². The van der Waals surface area contributed by atoms with Crippen molar-refractivity contribution in [1.29, 1.82) is 0 Å². The zero-order chi connectivity index (χ0) is 17.5. The highest BCUT2D eigenvalue weighted by atomic mass is 35.5. The number of halogens is 1. The molecule has 2 rings (SSSR count). The Morgan fingerprint density at radius 3 is 2.04 bits per heavy atom. The summed E-state index contributed by atoms with van der Waals surface area (Å²) < 4.78 is 5.17. The SMILES string of the molecule is COc1ccc(-c2ccc(CNC(=O)[C@@H](N)CC(C)C)cc2)cc1.Cl. The third-order valence-corrected chi connectivity index (χ3v) is 3.91.